The molecule has 60 valence electrons. The van der Waals surface area contributed by atoms with E-state index in [0.29, 0.717) is 5.02 Å². The number of nitrogens with zero attached hydrogens (tertiary/aromatic N) is 2. The second kappa shape index (κ2) is 2.99. The van der Waals surface area contributed by atoms with Crippen LogP contribution < -0.4 is 0 Å². The predicted molar refractivity (Wildman–Crippen MR) is 52.2 cm³/mol. The molecule has 0 atom stereocenters. The van der Waals surface area contributed by atoms with Crippen molar-refractivity contribution < 1.29 is 0 Å². The highest BCUT2D eigenvalue weighted by atomic mass is 79.9. The molecule has 0 saturated carbocycles. The lowest BCUT2D eigenvalue weighted by atomic mass is 10.2. The van der Waals surface area contributed by atoms with Crippen LogP contribution in [0.3, 0.4) is 0 Å². The van der Waals surface area contributed by atoms with Crippen molar-refractivity contribution in [3.8, 4) is 0 Å². The highest BCUT2D eigenvalue weighted by Gasteiger charge is 1.99. The Morgan fingerprint density at radius 3 is 3.00 bits per heavy atom. The SMILES string of the molecule is Clc1ccc2nncc(Br)c2c1. The Balaban J connectivity index is 2.88. The van der Waals surface area contributed by atoms with E-state index in [0.717, 1.165) is 15.4 Å². The average Bonchev–Trinajstić information content (AvgIpc) is 2.07. The third-order valence-electron chi connectivity index (χ3n) is 1.55. The Labute approximate surface area is 82.7 Å². The first-order chi connectivity index (χ1) is 5.77. The Kier molecular flexibility index (Phi) is 1.98. The molecule has 0 N–H and O–H groups in total. The standard InChI is InChI=1S/C8H4BrClN2/c9-7-4-11-12-8-2-1-5(10)3-6(7)8/h1-4H. The summed E-state index contributed by atoms with van der Waals surface area (Å²) in [5.41, 5.74) is 0.841. The lowest BCUT2D eigenvalue weighted by molar-refractivity contribution is 1.07. The van der Waals surface area contributed by atoms with Gasteiger partial charge in [0.15, 0.2) is 0 Å². The number of fused-ring (bicyclic) bond motifs is 1. The van der Waals surface area contributed by atoms with Crippen LogP contribution in [0.15, 0.2) is 28.9 Å². The van der Waals surface area contributed by atoms with Gasteiger partial charge in [0.2, 0.25) is 0 Å². The summed E-state index contributed by atoms with van der Waals surface area (Å²) < 4.78 is 0.912. The Hall–Kier alpha value is -0.670. The average molecular weight is 243 g/mol. The predicted octanol–water partition coefficient (Wildman–Crippen LogP) is 3.05. The van der Waals surface area contributed by atoms with Crippen LogP contribution in [-0.2, 0) is 0 Å². The van der Waals surface area contributed by atoms with Crippen molar-refractivity contribution >= 4 is 38.4 Å². The van der Waals surface area contributed by atoms with E-state index in [-0.39, 0.29) is 0 Å². The van der Waals surface area contributed by atoms with Crippen LogP contribution >= 0.6 is 27.5 Å². The topological polar surface area (TPSA) is 25.8 Å². The zero-order valence-corrected chi connectivity index (χ0v) is 8.30. The van der Waals surface area contributed by atoms with E-state index < -0.39 is 0 Å². The van der Waals surface area contributed by atoms with Crippen molar-refractivity contribution in [1.82, 2.24) is 10.2 Å². The first-order valence-corrected chi connectivity index (χ1v) is 4.51. The number of hydrogen-bond donors (Lipinski definition) is 0. The molecule has 0 saturated heterocycles. The maximum absolute atomic E-state index is 5.82. The van der Waals surface area contributed by atoms with Gasteiger partial charge < -0.3 is 0 Å². The quantitative estimate of drug-likeness (QED) is 0.711. The van der Waals surface area contributed by atoms with Gasteiger partial charge in [-0.05, 0) is 34.1 Å². The monoisotopic (exact) mass is 242 g/mol. The maximum Gasteiger partial charge on any atom is 0.0942 e. The third kappa shape index (κ3) is 1.30. The van der Waals surface area contributed by atoms with E-state index in [1.54, 1.807) is 12.3 Å². The molecule has 12 heavy (non-hydrogen) atoms. The summed E-state index contributed by atoms with van der Waals surface area (Å²) in [6.45, 7) is 0. The number of benzene rings is 1. The van der Waals surface area contributed by atoms with E-state index in [2.05, 4.69) is 26.1 Å². The van der Waals surface area contributed by atoms with Gasteiger partial charge in [-0.1, -0.05) is 11.6 Å². The molecular formula is C8H4BrClN2. The summed E-state index contributed by atoms with van der Waals surface area (Å²) in [6, 6.07) is 5.50. The van der Waals surface area contributed by atoms with E-state index in [4.69, 9.17) is 11.6 Å². The number of halogens is 2. The molecule has 0 aliphatic rings. The minimum absolute atomic E-state index is 0.705. The van der Waals surface area contributed by atoms with Gasteiger partial charge in [-0.2, -0.15) is 10.2 Å². The van der Waals surface area contributed by atoms with Crippen molar-refractivity contribution in [2.75, 3.05) is 0 Å². The summed E-state index contributed by atoms with van der Waals surface area (Å²) >= 11 is 9.19. The minimum Gasteiger partial charge on any atom is -0.157 e. The Morgan fingerprint density at radius 2 is 2.17 bits per heavy atom. The summed E-state index contributed by atoms with van der Waals surface area (Å²) in [5.74, 6) is 0. The van der Waals surface area contributed by atoms with Crippen molar-refractivity contribution in [2.45, 2.75) is 0 Å². The lowest BCUT2D eigenvalue weighted by Gasteiger charge is -1.97. The largest absolute Gasteiger partial charge is 0.157 e. The summed E-state index contributed by atoms with van der Waals surface area (Å²) in [4.78, 5) is 0. The second-order valence-corrected chi connectivity index (χ2v) is 3.64. The summed E-state index contributed by atoms with van der Waals surface area (Å²) in [7, 11) is 0. The van der Waals surface area contributed by atoms with Crippen LogP contribution in [0.4, 0.5) is 0 Å². The third-order valence-corrected chi connectivity index (χ3v) is 2.42. The van der Waals surface area contributed by atoms with Crippen molar-refractivity contribution in [1.29, 1.82) is 0 Å². The zero-order valence-electron chi connectivity index (χ0n) is 5.96. The van der Waals surface area contributed by atoms with Gasteiger partial charge in [0, 0.05) is 14.9 Å². The fourth-order valence-corrected chi connectivity index (χ4v) is 1.58. The highest BCUT2D eigenvalue weighted by molar-refractivity contribution is 9.10. The van der Waals surface area contributed by atoms with Crippen LogP contribution in [0, 0.1) is 0 Å². The van der Waals surface area contributed by atoms with Crippen LogP contribution in [-0.4, -0.2) is 10.2 Å². The van der Waals surface area contributed by atoms with Gasteiger partial charge >= 0.3 is 0 Å². The minimum atomic E-state index is 0.705. The molecule has 4 heteroatoms. The first kappa shape index (κ1) is 7.95. The molecule has 0 radical (unpaired) electrons. The molecule has 2 rings (SSSR count). The van der Waals surface area contributed by atoms with E-state index in [1.165, 1.54) is 0 Å². The normalized spacial score (nSPS) is 10.5. The molecule has 0 fully saturated rings. The molecule has 1 aromatic carbocycles. The molecule has 1 heterocycles. The Bertz CT molecular complexity index is 430. The van der Waals surface area contributed by atoms with Crippen molar-refractivity contribution in [3.05, 3.63) is 33.9 Å². The maximum atomic E-state index is 5.82. The molecule has 2 aromatic rings. The molecule has 0 amide bonds. The highest BCUT2D eigenvalue weighted by Crippen LogP contribution is 2.23. The van der Waals surface area contributed by atoms with E-state index >= 15 is 0 Å². The van der Waals surface area contributed by atoms with Gasteiger partial charge in [-0.15, -0.1) is 0 Å². The van der Waals surface area contributed by atoms with Crippen molar-refractivity contribution in [2.24, 2.45) is 0 Å². The fourth-order valence-electron chi connectivity index (χ4n) is 0.998. The van der Waals surface area contributed by atoms with Gasteiger partial charge in [0.05, 0.1) is 11.7 Å². The first-order valence-electron chi connectivity index (χ1n) is 3.34. The van der Waals surface area contributed by atoms with Gasteiger partial charge in [0.25, 0.3) is 0 Å². The van der Waals surface area contributed by atoms with Crippen molar-refractivity contribution in [3.63, 3.8) is 0 Å². The van der Waals surface area contributed by atoms with Crippen LogP contribution in [0.25, 0.3) is 10.9 Å². The molecule has 0 unspecified atom stereocenters. The summed E-state index contributed by atoms with van der Waals surface area (Å²) in [6.07, 6.45) is 1.65. The molecule has 1 aromatic heterocycles. The number of rotatable bonds is 0. The smallest absolute Gasteiger partial charge is 0.0942 e. The summed E-state index contributed by atoms with van der Waals surface area (Å²) in [5, 5.41) is 9.44. The van der Waals surface area contributed by atoms with Gasteiger partial charge in [-0.3, -0.25) is 0 Å². The molecular weight excluding hydrogens is 239 g/mol. The van der Waals surface area contributed by atoms with Crippen LogP contribution in [0.1, 0.15) is 0 Å². The van der Waals surface area contributed by atoms with Crippen LogP contribution in [0.2, 0.25) is 5.02 Å². The van der Waals surface area contributed by atoms with Gasteiger partial charge in [0.1, 0.15) is 0 Å². The molecule has 0 aliphatic heterocycles. The van der Waals surface area contributed by atoms with E-state index in [9.17, 15) is 0 Å². The van der Waals surface area contributed by atoms with Gasteiger partial charge in [-0.25, -0.2) is 0 Å². The number of hydrogen-bond acceptors (Lipinski definition) is 2. The number of aromatic nitrogens is 2. The van der Waals surface area contributed by atoms with E-state index in [1.807, 2.05) is 12.1 Å². The van der Waals surface area contributed by atoms with Crippen LogP contribution in [0.5, 0.6) is 0 Å². The zero-order chi connectivity index (χ0) is 8.55. The molecule has 2 nitrogen and oxygen atoms in total. The fraction of sp³-hybridized carbons (Fsp3) is 0. The molecule has 0 aliphatic carbocycles. The molecule has 0 bridgehead atoms. The second-order valence-electron chi connectivity index (χ2n) is 2.35. The lowest BCUT2D eigenvalue weighted by Crippen LogP contribution is -1.83. The Morgan fingerprint density at radius 1 is 1.33 bits per heavy atom. The molecule has 0 spiro atoms.